The van der Waals surface area contributed by atoms with E-state index in [0.29, 0.717) is 36.0 Å². The minimum atomic E-state index is -0.129. The number of benzene rings is 1. The van der Waals surface area contributed by atoms with E-state index in [1.165, 1.54) is 0 Å². The first-order valence-electron chi connectivity index (χ1n) is 7.04. The summed E-state index contributed by atoms with van der Waals surface area (Å²) in [6, 6.07) is 5.31. The summed E-state index contributed by atoms with van der Waals surface area (Å²) in [5, 5.41) is 4.01. The van der Waals surface area contributed by atoms with Crippen molar-refractivity contribution in [2.45, 2.75) is 25.7 Å². The molecule has 1 aliphatic heterocycles. The number of carbonyl (C=O) groups excluding carboxylic acids is 2. The average molecular weight is 329 g/mol. The first kappa shape index (κ1) is 16.1. The van der Waals surface area contributed by atoms with Gasteiger partial charge in [-0.2, -0.15) is 0 Å². The number of likely N-dealkylation sites (tertiary alicyclic amines) is 1. The van der Waals surface area contributed by atoms with Crippen molar-refractivity contribution < 1.29 is 9.59 Å². The van der Waals surface area contributed by atoms with Crippen LogP contribution < -0.4 is 5.32 Å². The second-order valence-electron chi connectivity index (χ2n) is 5.11. The number of amides is 2. The molecule has 1 fully saturated rings. The molecule has 1 aliphatic rings. The lowest BCUT2D eigenvalue weighted by molar-refractivity contribution is -0.137. The minimum absolute atomic E-state index is 0.0668. The summed E-state index contributed by atoms with van der Waals surface area (Å²) < 4.78 is 0. The van der Waals surface area contributed by atoms with Crippen molar-refractivity contribution in [1.29, 1.82) is 0 Å². The third-order valence-electron chi connectivity index (χ3n) is 3.49. The highest BCUT2D eigenvalue weighted by Crippen LogP contribution is 2.21. The quantitative estimate of drug-likeness (QED) is 0.903. The van der Waals surface area contributed by atoms with E-state index in [1.807, 2.05) is 6.07 Å². The van der Waals surface area contributed by atoms with Crippen LogP contribution in [0.5, 0.6) is 0 Å². The van der Waals surface area contributed by atoms with Crippen LogP contribution in [0.2, 0.25) is 10.0 Å². The third-order valence-corrected chi connectivity index (χ3v) is 4.07. The third kappa shape index (κ3) is 4.90. The number of hydrogen-bond acceptors (Lipinski definition) is 2. The van der Waals surface area contributed by atoms with Crippen LogP contribution >= 0.6 is 23.2 Å². The predicted molar refractivity (Wildman–Crippen MR) is 83.6 cm³/mol. The summed E-state index contributed by atoms with van der Waals surface area (Å²) >= 11 is 11.9. The fraction of sp³-hybridized carbons (Fsp3) is 0.467. The lowest BCUT2D eigenvalue weighted by Gasteiger charge is -2.25. The molecule has 4 nitrogen and oxygen atoms in total. The van der Waals surface area contributed by atoms with Crippen LogP contribution in [0, 0.1) is 0 Å². The molecule has 21 heavy (non-hydrogen) atoms. The van der Waals surface area contributed by atoms with Gasteiger partial charge in [-0.25, -0.2) is 0 Å². The van der Waals surface area contributed by atoms with Crippen LogP contribution in [0.4, 0.5) is 0 Å². The van der Waals surface area contributed by atoms with E-state index >= 15 is 0 Å². The zero-order chi connectivity index (χ0) is 15.2. The Morgan fingerprint density at radius 2 is 2.10 bits per heavy atom. The van der Waals surface area contributed by atoms with Gasteiger partial charge in [-0.05, 0) is 37.0 Å². The lowest BCUT2D eigenvalue weighted by Crippen LogP contribution is -2.43. The number of nitrogens with one attached hydrogen (secondary N) is 1. The molecule has 1 aromatic carbocycles. The Bertz CT molecular complexity index is 534. The van der Waals surface area contributed by atoms with Gasteiger partial charge in [-0.1, -0.05) is 29.3 Å². The van der Waals surface area contributed by atoms with Crippen LogP contribution in [0.1, 0.15) is 24.8 Å². The fourth-order valence-corrected chi connectivity index (χ4v) is 2.82. The fourth-order valence-electron chi connectivity index (χ4n) is 2.32. The second kappa shape index (κ2) is 7.66. The number of nitrogens with zero attached hydrogens (tertiary/aromatic N) is 1. The summed E-state index contributed by atoms with van der Waals surface area (Å²) in [7, 11) is 0. The monoisotopic (exact) mass is 328 g/mol. The van der Waals surface area contributed by atoms with Crippen molar-refractivity contribution in [1.82, 2.24) is 10.2 Å². The van der Waals surface area contributed by atoms with E-state index < -0.39 is 0 Å². The van der Waals surface area contributed by atoms with Crippen molar-refractivity contribution in [3.8, 4) is 0 Å². The highest BCUT2D eigenvalue weighted by molar-refractivity contribution is 6.35. The van der Waals surface area contributed by atoms with E-state index in [2.05, 4.69) is 5.32 Å². The Morgan fingerprint density at radius 1 is 1.29 bits per heavy atom. The van der Waals surface area contributed by atoms with E-state index in [1.54, 1.807) is 17.0 Å². The standard InChI is InChI=1S/C15H18Cl2N2O2/c16-12-5-4-11(13(17)9-12)6-7-18-14(20)10-19-8-2-1-3-15(19)21/h4-5,9H,1-3,6-8,10H2,(H,18,20). The van der Waals surface area contributed by atoms with Crippen molar-refractivity contribution >= 4 is 35.0 Å². The molecular weight excluding hydrogens is 311 g/mol. The molecule has 0 bridgehead atoms. The maximum absolute atomic E-state index is 11.8. The molecule has 6 heteroatoms. The zero-order valence-electron chi connectivity index (χ0n) is 11.7. The van der Waals surface area contributed by atoms with Gasteiger partial charge in [-0.3, -0.25) is 9.59 Å². The molecule has 114 valence electrons. The maximum atomic E-state index is 11.8. The zero-order valence-corrected chi connectivity index (χ0v) is 13.2. The van der Waals surface area contributed by atoms with Gasteiger partial charge >= 0.3 is 0 Å². The van der Waals surface area contributed by atoms with Gasteiger partial charge in [0.2, 0.25) is 11.8 Å². The molecule has 1 heterocycles. The summed E-state index contributed by atoms with van der Waals surface area (Å²) in [5.41, 5.74) is 0.940. The second-order valence-corrected chi connectivity index (χ2v) is 5.95. The maximum Gasteiger partial charge on any atom is 0.239 e. The molecule has 0 aromatic heterocycles. The number of halogens is 2. The number of piperidine rings is 1. The molecule has 0 aliphatic carbocycles. The van der Waals surface area contributed by atoms with Crippen LogP contribution in [-0.2, 0) is 16.0 Å². The van der Waals surface area contributed by atoms with Crippen molar-refractivity contribution in [3.63, 3.8) is 0 Å². The Balaban J connectivity index is 1.75. The number of carbonyl (C=O) groups is 2. The Morgan fingerprint density at radius 3 is 2.81 bits per heavy atom. The Hall–Kier alpha value is -1.26. The SMILES string of the molecule is O=C(CN1CCCCC1=O)NCCc1ccc(Cl)cc1Cl. The molecule has 1 N–H and O–H groups in total. The summed E-state index contributed by atoms with van der Waals surface area (Å²) in [6.45, 7) is 1.31. The van der Waals surface area contributed by atoms with Gasteiger partial charge < -0.3 is 10.2 Å². The van der Waals surface area contributed by atoms with Gasteiger partial charge in [0, 0.05) is 29.6 Å². The van der Waals surface area contributed by atoms with Crippen LogP contribution in [0.25, 0.3) is 0 Å². The normalized spacial score (nSPS) is 15.1. The first-order valence-corrected chi connectivity index (χ1v) is 7.80. The van der Waals surface area contributed by atoms with Gasteiger partial charge in [0.05, 0.1) is 6.54 Å². The molecule has 0 radical (unpaired) electrons. The van der Waals surface area contributed by atoms with E-state index in [9.17, 15) is 9.59 Å². The van der Waals surface area contributed by atoms with Crippen LogP contribution in [0.3, 0.4) is 0 Å². The summed E-state index contributed by atoms with van der Waals surface area (Å²) in [4.78, 5) is 25.1. The predicted octanol–water partition coefficient (Wildman–Crippen LogP) is 2.66. The van der Waals surface area contributed by atoms with E-state index in [0.717, 1.165) is 18.4 Å². The van der Waals surface area contributed by atoms with Crippen LogP contribution in [-0.4, -0.2) is 36.3 Å². The molecular formula is C15H18Cl2N2O2. The Kier molecular flexibility index (Phi) is 5.88. The first-order chi connectivity index (χ1) is 10.1. The van der Waals surface area contributed by atoms with E-state index in [-0.39, 0.29) is 18.4 Å². The lowest BCUT2D eigenvalue weighted by atomic mass is 10.1. The van der Waals surface area contributed by atoms with Gasteiger partial charge in [0.1, 0.15) is 0 Å². The average Bonchev–Trinajstić information content (AvgIpc) is 2.44. The smallest absolute Gasteiger partial charge is 0.239 e. The van der Waals surface area contributed by atoms with Gasteiger partial charge in [0.25, 0.3) is 0 Å². The van der Waals surface area contributed by atoms with Crippen molar-refractivity contribution in [3.05, 3.63) is 33.8 Å². The molecule has 1 saturated heterocycles. The summed E-state index contributed by atoms with van der Waals surface area (Å²) in [5.74, 6) is -0.0625. The van der Waals surface area contributed by atoms with Crippen LogP contribution in [0.15, 0.2) is 18.2 Å². The van der Waals surface area contributed by atoms with Crippen molar-refractivity contribution in [2.75, 3.05) is 19.6 Å². The highest BCUT2D eigenvalue weighted by Gasteiger charge is 2.20. The molecule has 2 rings (SSSR count). The molecule has 0 unspecified atom stereocenters. The van der Waals surface area contributed by atoms with Crippen molar-refractivity contribution in [2.24, 2.45) is 0 Å². The number of hydrogen-bond donors (Lipinski definition) is 1. The molecule has 0 saturated carbocycles. The molecule has 0 spiro atoms. The Labute approximate surface area is 134 Å². The molecule has 0 atom stereocenters. The topological polar surface area (TPSA) is 49.4 Å². The minimum Gasteiger partial charge on any atom is -0.354 e. The van der Waals surface area contributed by atoms with E-state index in [4.69, 9.17) is 23.2 Å². The van der Waals surface area contributed by atoms with Gasteiger partial charge in [-0.15, -0.1) is 0 Å². The summed E-state index contributed by atoms with van der Waals surface area (Å²) in [6.07, 6.45) is 3.08. The highest BCUT2D eigenvalue weighted by atomic mass is 35.5. The largest absolute Gasteiger partial charge is 0.354 e. The van der Waals surface area contributed by atoms with Gasteiger partial charge in [0.15, 0.2) is 0 Å². The number of rotatable bonds is 5. The molecule has 1 aromatic rings. The molecule has 2 amide bonds.